The molecule has 2 atom stereocenters. The Morgan fingerprint density at radius 2 is 1.87 bits per heavy atom. The summed E-state index contributed by atoms with van der Waals surface area (Å²) < 4.78 is 0. The van der Waals surface area contributed by atoms with E-state index in [2.05, 4.69) is 5.32 Å². The standard InChI is InChI=1S/C10H20N2O3/c1-5-7(3)12(4)10(15)11-8(6-2)9(13)14/h7-8H,5-6H2,1-4H3,(H,11,15)(H,13,14)/t7?,8-/m0/s1. The molecule has 0 heterocycles. The van der Waals surface area contributed by atoms with Gasteiger partial charge < -0.3 is 15.3 Å². The van der Waals surface area contributed by atoms with Crippen LogP contribution >= 0.6 is 0 Å². The van der Waals surface area contributed by atoms with Crippen molar-refractivity contribution >= 4 is 12.0 Å². The topological polar surface area (TPSA) is 69.6 Å². The number of carboxylic acid groups (broad SMARTS) is 1. The predicted molar refractivity (Wildman–Crippen MR) is 57.8 cm³/mol. The van der Waals surface area contributed by atoms with E-state index in [0.29, 0.717) is 6.42 Å². The van der Waals surface area contributed by atoms with E-state index in [-0.39, 0.29) is 12.1 Å². The lowest BCUT2D eigenvalue weighted by Crippen LogP contribution is -2.48. The van der Waals surface area contributed by atoms with Gasteiger partial charge in [0.25, 0.3) is 0 Å². The van der Waals surface area contributed by atoms with Crippen LogP contribution in [0.4, 0.5) is 4.79 Å². The Balaban J connectivity index is 4.28. The molecule has 0 radical (unpaired) electrons. The molecule has 0 saturated heterocycles. The minimum absolute atomic E-state index is 0.108. The van der Waals surface area contributed by atoms with Crippen molar-refractivity contribution < 1.29 is 14.7 Å². The van der Waals surface area contributed by atoms with Crippen LogP contribution in [-0.4, -0.2) is 41.1 Å². The van der Waals surface area contributed by atoms with Crippen LogP contribution in [0.15, 0.2) is 0 Å². The molecular formula is C10H20N2O3. The van der Waals surface area contributed by atoms with Gasteiger partial charge in [-0.3, -0.25) is 0 Å². The van der Waals surface area contributed by atoms with Gasteiger partial charge in [0.2, 0.25) is 0 Å². The van der Waals surface area contributed by atoms with Crippen LogP contribution in [0.25, 0.3) is 0 Å². The maximum Gasteiger partial charge on any atom is 0.326 e. The van der Waals surface area contributed by atoms with Gasteiger partial charge in [-0.05, 0) is 19.8 Å². The molecular weight excluding hydrogens is 196 g/mol. The smallest absolute Gasteiger partial charge is 0.326 e. The van der Waals surface area contributed by atoms with Crippen molar-refractivity contribution in [3.05, 3.63) is 0 Å². The quantitative estimate of drug-likeness (QED) is 0.727. The molecule has 0 aromatic rings. The third-order valence-corrected chi connectivity index (χ3v) is 2.58. The first-order chi connectivity index (χ1) is 6.93. The molecule has 0 aliphatic heterocycles. The van der Waals surface area contributed by atoms with Crippen molar-refractivity contribution in [1.29, 1.82) is 0 Å². The minimum atomic E-state index is -0.997. The van der Waals surface area contributed by atoms with Gasteiger partial charge in [0, 0.05) is 13.1 Å². The largest absolute Gasteiger partial charge is 0.480 e. The van der Waals surface area contributed by atoms with Crippen LogP contribution in [0.1, 0.15) is 33.6 Å². The van der Waals surface area contributed by atoms with Gasteiger partial charge in [0.15, 0.2) is 0 Å². The zero-order valence-electron chi connectivity index (χ0n) is 9.78. The number of urea groups is 1. The van der Waals surface area contributed by atoms with Gasteiger partial charge in [0.1, 0.15) is 6.04 Å². The number of hydrogen-bond donors (Lipinski definition) is 2. The van der Waals surface area contributed by atoms with Gasteiger partial charge in [-0.1, -0.05) is 13.8 Å². The van der Waals surface area contributed by atoms with Crippen LogP contribution in [-0.2, 0) is 4.79 Å². The van der Waals surface area contributed by atoms with Crippen LogP contribution in [0.2, 0.25) is 0 Å². The van der Waals surface area contributed by atoms with Crippen molar-refractivity contribution in [3.8, 4) is 0 Å². The van der Waals surface area contributed by atoms with Crippen molar-refractivity contribution in [3.63, 3.8) is 0 Å². The fourth-order valence-electron chi connectivity index (χ4n) is 1.06. The Labute approximate surface area is 90.5 Å². The Kier molecular flexibility index (Phi) is 5.74. The summed E-state index contributed by atoms with van der Waals surface area (Å²) in [7, 11) is 1.66. The van der Waals surface area contributed by atoms with E-state index in [0.717, 1.165) is 6.42 Å². The van der Waals surface area contributed by atoms with Gasteiger partial charge in [-0.25, -0.2) is 9.59 Å². The van der Waals surface area contributed by atoms with Crippen LogP contribution in [0, 0.1) is 0 Å². The summed E-state index contributed by atoms with van der Waals surface area (Å²) in [5, 5.41) is 11.2. The molecule has 15 heavy (non-hydrogen) atoms. The summed E-state index contributed by atoms with van der Waals surface area (Å²) in [5.74, 6) is -0.997. The van der Waals surface area contributed by atoms with E-state index in [4.69, 9.17) is 5.11 Å². The number of aliphatic carboxylic acids is 1. The van der Waals surface area contributed by atoms with E-state index in [9.17, 15) is 9.59 Å². The number of nitrogens with one attached hydrogen (secondary N) is 1. The first-order valence-corrected chi connectivity index (χ1v) is 5.20. The Bertz CT molecular complexity index is 231. The Morgan fingerprint density at radius 3 is 2.20 bits per heavy atom. The lowest BCUT2D eigenvalue weighted by molar-refractivity contribution is -0.139. The second-order valence-electron chi connectivity index (χ2n) is 3.62. The number of carbonyl (C=O) groups excluding carboxylic acids is 1. The molecule has 5 heteroatoms. The number of carboxylic acids is 1. The fourth-order valence-corrected chi connectivity index (χ4v) is 1.06. The molecule has 0 bridgehead atoms. The molecule has 0 saturated carbocycles. The second-order valence-corrected chi connectivity index (χ2v) is 3.62. The summed E-state index contributed by atoms with van der Waals surface area (Å²) in [6.07, 6.45) is 1.23. The zero-order chi connectivity index (χ0) is 12.0. The highest BCUT2D eigenvalue weighted by Gasteiger charge is 2.21. The van der Waals surface area contributed by atoms with Gasteiger partial charge in [0.05, 0.1) is 0 Å². The molecule has 2 N–H and O–H groups in total. The van der Waals surface area contributed by atoms with Gasteiger partial charge in [-0.2, -0.15) is 0 Å². The molecule has 2 amide bonds. The Morgan fingerprint density at radius 1 is 1.33 bits per heavy atom. The average molecular weight is 216 g/mol. The summed E-state index contributed by atoms with van der Waals surface area (Å²) in [4.78, 5) is 23.8. The molecule has 0 aromatic carbocycles. The highest BCUT2D eigenvalue weighted by atomic mass is 16.4. The minimum Gasteiger partial charge on any atom is -0.480 e. The predicted octanol–water partition coefficient (Wildman–Crippen LogP) is 1.29. The first-order valence-electron chi connectivity index (χ1n) is 5.20. The molecule has 0 rings (SSSR count). The van der Waals surface area contributed by atoms with Crippen LogP contribution in [0.3, 0.4) is 0 Å². The van der Waals surface area contributed by atoms with E-state index in [1.807, 2.05) is 13.8 Å². The monoisotopic (exact) mass is 216 g/mol. The van der Waals surface area contributed by atoms with Crippen molar-refractivity contribution in [1.82, 2.24) is 10.2 Å². The van der Waals surface area contributed by atoms with Crippen molar-refractivity contribution in [2.45, 2.75) is 45.7 Å². The molecule has 0 aliphatic rings. The number of nitrogens with zero attached hydrogens (tertiary/aromatic N) is 1. The maximum atomic E-state index is 11.6. The van der Waals surface area contributed by atoms with Gasteiger partial charge in [-0.15, -0.1) is 0 Å². The average Bonchev–Trinajstić information content (AvgIpc) is 2.22. The summed E-state index contributed by atoms with van der Waals surface area (Å²) in [6, 6.07) is -1.03. The Hall–Kier alpha value is -1.26. The summed E-state index contributed by atoms with van der Waals surface area (Å²) in [5.41, 5.74) is 0. The fraction of sp³-hybridized carbons (Fsp3) is 0.800. The highest BCUT2D eigenvalue weighted by molar-refractivity contribution is 5.82. The van der Waals surface area contributed by atoms with Crippen LogP contribution in [0.5, 0.6) is 0 Å². The molecule has 1 unspecified atom stereocenters. The zero-order valence-corrected chi connectivity index (χ0v) is 9.78. The van der Waals surface area contributed by atoms with Crippen LogP contribution < -0.4 is 5.32 Å². The van der Waals surface area contributed by atoms with E-state index < -0.39 is 12.0 Å². The van der Waals surface area contributed by atoms with Crippen molar-refractivity contribution in [2.24, 2.45) is 0 Å². The third kappa shape index (κ3) is 4.18. The number of rotatable bonds is 5. The molecule has 0 spiro atoms. The first kappa shape index (κ1) is 13.7. The normalized spacial score (nSPS) is 14.1. The van der Waals surface area contributed by atoms with E-state index in [1.165, 1.54) is 4.90 Å². The molecule has 5 nitrogen and oxygen atoms in total. The highest BCUT2D eigenvalue weighted by Crippen LogP contribution is 2.01. The van der Waals surface area contributed by atoms with E-state index >= 15 is 0 Å². The SMILES string of the molecule is CCC(C)N(C)C(=O)N[C@@H](CC)C(=O)O. The maximum absolute atomic E-state index is 11.6. The molecule has 0 fully saturated rings. The third-order valence-electron chi connectivity index (χ3n) is 2.58. The molecule has 88 valence electrons. The molecule has 0 aromatic heterocycles. The number of amides is 2. The summed E-state index contributed by atoms with van der Waals surface area (Å²) in [6.45, 7) is 5.62. The van der Waals surface area contributed by atoms with Crippen molar-refractivity contribution in [2.75, 3.05) is 7.05 Å². The second kappa shape index (κ2) is 6.27. The number of carbonyl (C=O) groups is 2. The van der Waals surface area contributed by atoms with Gasteiger partial charge >= 0.3 is 12.0 Å². The molecule has 0 aliphatic carbocycles. The lowest BCUT2D eigenvalue weighted by atomic mass is 10.2. The number of hydrogen-bond acceptors (Lipinski definition) is 2. The van der Waals surface area contributed by atoms with E-state index in [1.54, 1.807) is 14.0 Å². The lowest BCUT2D eigenvalue weighted by Gasteiger charge is -2.25. The summed E-state index contributed by atoms with van der Waals surface area (Å²) >= 11 is 0.